The van der Waals surface area contributed by atoms with Gasteiger partial charge in [-0.2, -0.15) is 8.42 Å². The largest absolute Gasteiger partial charge is 0.375 e. The third-order valence-corrected chi connectivity index (χ3v) is 22.4. The molecular weight excluding hydrogens is 1710 g/mol. The molecule has 14 aromatic heterocycles. The van der Waals surface area contributed by atoms with E-state index < -0.39 is 10.1 Å². The van der Waals surface area contributed by atoms with Crippen LogP contribution in [0.2, 0.25) is 0 Å². The van der Waals surface area contributed by atoms with Crippen molar-refractivity contribution in [3.63, 3.8) is 0 Å². The van der Waals surface area contributed by atoms with E-state index in [0.717, 1.165) is 95.2 Å². The highest BCUT2D eigenvalue weighted by atomic mass is 32.2. The van der Waals surface area contributed by atoms with Crippen LogP contribution in [0, 0.1) is 6.92 Å². The van der Waals surface area contributed by atoms with Crippen molar-refractivity contribution < 1.29 is 86.7 Å². The number of aryl methyl sites for hydroxylation is 1. The fourth-order valence-electron chi connectivity index (χ4n) is 13.6. The second kappa shape index (κ2) is 61.0. The molecule has 0 amide bonds. The Bertz CT molecular complexity index is 5570. The summed E-state index contributed by atoms with van der Waals surface area (Å²) in [5, 5.41) is 0. The van der Waals surface area contributed by atoms with Gasteiger partial charge in [-0.25, -0.2) is 45.7 Å². The van der Waals surface area contributed by atoms with Crippen molar-refractivity contribution in [3.8, 4) is 77.9 Å². The molecule has 0 spiro atoms. The fourth-order valence-corrected chi connectivity index (χ4v) is 14.5. The Labute approximate surface area is 800 Å². The quantitative estimate of drug-likeness (QED) is 0.0199. The van der Waals surface area contributed by atoms with Gasteiger partial charge in [-0.15, -0.1) is 0 Å². The highest BCUT2D eigenvalue weighted by Gasteiger charge is 2.18. The summed E-state index contributed by atoms with van der Waals surface area (Å²) in [6.07, 6.45) is 61.2. The maximum atomic E-state index is 12.3. The van der Waals surface area contributed by atoms with Crippen LogP contribution in [0.5, 0.6) is 0 Å². The molecule has 15 aromatic rings. The SMILES string of the molecule is CCC.CCC.CCC.CCCOCC[n+]1ccc(-c2cc[n+](CCOCC[n+]3ccc(-c4cc[n+](CCOCCOS(=O)(=O)c5ccc(C)cc5)cc4)cc3)cc2)cc1.c1cc(-c2cc[n+](CCOCC[n+]3ccc(-c4cc[n+](CCOCC[n+]5ccc(-c6cc[n+](CCOCC[n+]7ccc(-c8ccncc8)cc7)cc6)cc5)cc4)cc3)cc2)ccn1.c1cc(-c2ccncc2)ccn1. The van der Waals surface area contributed by atoms with Crippen molar-refractivity contribution in [2.45, 2.75) is 151 Å². The molecule has 0 saturated heterocycles. The van der Waals surface area contributed by atoms with Gasteiger partial charge in [0.1, 0.15) is 66.1 Å². The van der Waals surface area contributed by atoms with Crippen LogP contribution in [0.25, 0.3) is 77.9 Å². The lowest BCUT2D eigenvalue weighted by molar-refractivity contribution is -0.705. The lowest BCUT2D eigenvalue weighted by Crippen LogP contribution is -2.38. The van der Waals surface area contributed by atoms with Crippen molar-refractivity contribution in [1.82, 2.24) is 19.9 Å². The second-order valence-electron chi connectivity index (χ2n) is 32.1. The molecule has 15 rings (SSSR count). The first-order valence-corrected chi connectivity index (χ1v) is 48.7. The van der Waals surface area contributed by atoms with E-state index in [1.54, 1.807) is 49.1 Å². The molecule has 1 aromatic carbocycles. The first-order chi connectivity index (χ1) is 66.3. The third-order valence-electron chi connectivity index (χ3n) is 21.0. The summed E-state index contributed by atoms with van der Waals surface area (Å²) < 4.78 is 86.0. The van der Waals surface area contributed by atoms with E-state index in [0.29, 0.717) is 66.0 Å². The highest BCUT2D eigenvalue weighted by molar-refractivity contribution is 7.86. The fraction of sp³-hybridized carbons (Fsp3) is 0.315. The first kappa shape index (κ1) is 104. The van der Waals surface area contributed by atoms with Crippen LogP contribution < -0.4 is 45.7 Å². The van der Waals surface area contributed by atoms with Crippen molar-refractivity contribution in [1.29, 1.82) is 0 Å². The molecule has 0 aliphatic heterocycles. The van der Waals surface area contributed by atoms with E-state index >= 15 is 0 Å². The van der Waals surface area contributed by atoms with Gasteiger partial charge in [0.05, 0.1) is 18.1 Å². The smallest absolute Gasteiger partial charge is 0.297 e. The maximum absolute atomic E-state index is 12.3. The standard InChI is InChI=1S/C52H56N8O3.C40H50N4O6S.C10H8N2.3C3H8/c1-17-53-18-2-45(1)47-5-21-55(22-6-47)33-39-61-41-35-57-25-9-49(10-26-57)51-13-29-59(30-14-51)37-43-63-44-38-60-31-15-52(16-32-60)50-11-27-58(28-12-50)36-42-62-40-34-56-23-7-48(8-24-56)46-3-19-54-20-4-46;1-3-28-47-29-24-41-16-8-36(9-17-41)37-10-18-42(19-11-37)25-30-48-31-26-43-20-12-38(13-21-43)39-14-22-44(23-15-39)27-32-49-33-34-50-51(45,46)40-6-4-35(2)5-7-40;1-5-11-6-2-9(1)10-3-7-12-8-4-10;3*1-3-2/h1-32H,33-44H2;4-23H,3,24-34H2,1-2H3;1-8H;3*3H2,1-2H3/q+6;+4;;;;. The molecular formula is C111H138N14O9S+10. The van der Waals surface area contributed by atoms with Gasteiger partial charge in [-0.3, -0.25) is 24.1 Å². The number of aromatic nitrogens is 14. The molecule has 0 N–H and O–H groups in total. The maximum Gasteiger partial charge on any atom is 0.297 e. The Hall–Kier alpha value is -13.0. The molecule has 24 heteroatoms. The minimum absolute atomic E-state index is 0.0277. The van der Waals surface area contributed by atoms with Gasteiger partial charge < -0.3 is 28.4 Å². The van der Waals surface area contributed by atoms with Gasteiger partial charge in [0.2, 0.25) is 0 Å². The topological polar surface area (TPSA) is 189 Å². The molecule has 0 aliphatic carbocycles. The van der Waals surface area contributed by atoms with Gasteiger partial charge in [0, 0.05) is 178 Å². The third kappa shape index (κ3) is 38.5. The van der Waals surface area contributed by atoms with Gasteiger partial charge in [-0.05, 0) is 152 Å². The summed E-state index contributed by atoms with van der Waals surface area (Å²) in [5.41, 5.74) is 17.4. The average Bonchev–Trinajstić information content (AvgIpc) is 0.850. The Balaban J connectivity index is 0.000000233. The zero-order valence-electron chi connectivity index (χ0n) is 80.1. The molecule has 0 atom stereocenters. The van der Waals surface area contributed by atoms with E-state index in [1.165, 1.54) is 86.0 Å². The zero-order valence-corrected chi connectivity index (χ0v) is 80.9. The van der Waals surface area contributed by atoms with Crippen LogP contribution in [-0.4, -0.2) is 114 Å². The molecule has 0 unspecified atom stereocenters. The minimum atomic E-state index is -3.78. The molecule has 0 radical (unpaired) electrons. The van der Waals surface area contributed by atoms with Gasteiger partial charge in [0.15, 0.2) is 189 Å². The molecule has 23 nitrogen and oxygen atoms in total. The highest BCUT2D eigenvalue weighted by Crippen LogP contribution is 2.23. The summed E-state index contributed by atoms with van der Waals surface area (Å²) in [6.45, 7) is 32.1. The van der Waals surface area contributed by atoms with Gasteiger partial charge >= 0.3 is 0 Å². The molecule has 0 saturated carbocycles. The molecule has 0 aliphatic rings. The molecule has 135 heavy (non-hydrogen) atoms. The molecule has 0 fully saturated rings. The van der Waals surface area contributed by atoms with Crippen LogP contribution in [0.1, 0.15) is 79.7 Å². The first-order valence-electron chi connectivity index (χ1n) is 47.3. The monoisotopic (exact) mass is 1840 g/mol. The van der Waals surface area contributed by atoms with Crippen molar-refractivity contribution in [2.75, 3.05) is 85.9 Å². The average molecular weight is 1840 g/mol. The van der Waals surface area contributed by atoms with E-state index in [4.69, 9.17) is 32.6 Å². The van der Waals surface area contributed by atoms with Gasteiger partial charge in [-0.1, -0.05) is 85.4 Å². The van der Waals surface area contributed by atoms with Crippen LogP contribution in [0.15, 0.2) is 373 Å². The number of nitrogens with zero attached hydrogens (tertiary/aromatic N) is 14. The number of rotatable bonds is 44. The summed E-state index contributed by atoms with van der Waals surface area (Å²) in [5.74, 6) is 0. The van der Waals surface area contributed by atoms with Crippen LogP contribution in [-0.2, 0) is 108 Å². The lowest BCUT2D eigenvalue weighted by Gasteiger charge is -2.06. The van der Waals surface area contributed by atoms with E-state index in [1.807, 2.05) is 97.2 Å². The summed E-state index contributed by atoms with van der Waals surface area (Å²) >= 11 is 0. The Kier molecular flexibility index (Phi) is 47.0. The van der Waals surface area contributed by atoms with Crippen LogP contribution in [0.4, 0.5) is 0 Å². The molecule has 702 valence electrons. The summed E-state index contributed by atoms with van der Waals surface area (Å²) in [7, 11) is -3.78. The van der Waals surface area contributed by atoms with Gasteiger partial charge in [0.25, 0.3) is 10.1 Å². The molecule has 0 bridgehead atoms. The number of ether oxygens (including phenoxy) is 6. The van der Waals surface area contributed by atoms with Crippen LogP contribution >= 0.6 is 0 Å². The van der Waals surface area contributed by atoms with Crippen molar-refractivity contribution in [3.05, 3.63) is 373 Å². The predicted octanol–water partition coefficient (Wildman–Crippen LogP) is 15.5. The van der Waals surface area contributed by atoms with Crippen LogP contribution in [0.3, 0.4) is 0 Å². The number of hydrogen-bond acceptors (Lipinski definition) is 13. The molecule has 14 heterocycles. The Morgan fingerprint density at radius 2 is 0.348 bits per heavy atom. The minimum Gasteiger partial charge on any atom is -0.375 e. The number of hydrogen-bond donors (Lipinski definition) is 0. The van der Waals surface area contributed by atoms with E-state index in [9.17, 15) is 8.42 Å². The van der Waals surface area contributed by atoms with E-state index in [-0.39, 0.29) is 18.1 Å². The predicted molar refractivity (Wildman–Crippen MR) is 524 cm³/mol. The summed E-state index contributed by atoms with van der Waals surface area (Å²) in [4.78, 5) is 16.3. The Morgan fingerprint density at radius 3 is 0.511 bits per heavy atom. The zero-order chi connectivity index (χ0) is 94.8. The number of pyridine rings is 14. The summed E-state index contributed by atoms with van der Waals surface area (Å²) in [6, 6.07) is 65.4. The number of benzene rings is 1. The van der Waals surface area contributed by atoms with Crippen molar-refractivity contribution >= 4 is 10.1 Å². The van der Waals surface area contributed by atoms with Crippen molar-refractivity contribution in [2.24, 2.45) is 0 Å². The Morgan fingerprint density at radius 1 is 0.200 bits per heavy atom. The lowest BCUT2D eigenvalue weighted by atomic mass is 10.1. The second-order valence-corrected chi connectivity index (χ2v) is 33.7. The van der Waals surface area contributed by atoms with E-state index in [2.05, 4.69) is 342 Å². The normalized spacial score (nSPS) is 10.8.